The van der Waals surface area contributed by atoms with Gasteiger partial charge in [0.1, 0.15) is 5.82 Å². The molecule has 2 rings (SSSR count). The number of nitrogens with zero attached hydrogens (tertiary/aromatic N) is 2. The van der Waals surface area contributed by atoms with Gasteiger partial charge in [0.2, 0.25) is 0 Å². The third kappa shape index (κ3) is 2.47. The maximum Gasteiger partial charge on any atom is 0.298 e. The van der Waals surface area contributed by atoms with Crippen molar-refractivity contribution in [2.45, 2.75) is 23.9 Å². The number of hydrogen-bond acceptors (Lipinski definition) is 5. The molecule has 6 nitrogen and oxygen atoms in total. The van der Waals surface area contributed by atoms with Crippen molar-refractivity contribution in [3.8, 4) is 0 Å². The Balaban J connectivity index is 2.19. The van der Waals surface area contributed by atoms with Crippen molar-refractivity contribution in [2.75, 3.05) is 13.2 Å². The van der Waals surface area contributed by atoms with E-state index in [4.69, 9.17) is 15.4 Å². The monoisotopic (exact) mass is 251 g/mol. The third-order valence-electron chi connectivity index (χ3n) is 2.25. The van der Waals surface area contributed by atoms with Gasteiger partial charge in [-0.3, -0.25) is 5.10 Å². The summed E-state index contributed by atoms with van der Waals surface area (Å²) in [5, 5.41) is 5.76. The average Bonchev–Trinajstić information content (AvgIpc) is 2.67. The minimum atomic E-state index is -3.84. The van der Waals surface area contributed by atoms with Crippen LogP contribution in [-0.2, 0) is 13.8 Å². The average molecular weight is 252 g/mol. The Hall–Kier alpha value is -0.660. The summed E-state index contributed by atoms with van der Waals surface area (Å²) in [6.45, 7) is 1.28. The van der Waals surface area contributed by atoms with Gasteiger partial charge in [-0.25, -0.2) is 13.4 Å². The molecular weight excluding hydrogens is 242 g/mol. The third-order valence-corrected chi connectivity index (χ3v) is 3.28. The number of nitrogens with one attached hydrogen (secondary N) is 1. The molecule has 0 radical (unpaired) electrons. The highest BCUT2D eigenvalue weighted by Gasteiger charge is 2.23. The van der Waals surface area contributed by atoms with E-state index in [0.717, 1.165) is 19.4 Å². The second kappa shape index (κ2) is 4.07. The molecule has 1 unspecified atom stereocenters. The van der Waals surface area contributed by atoms with E-state index >= 15 is 0 Å². The summed E-state index contributed by atoms with van der Waals surface area (Å²) in [7, 11) is 1.26. The lowest BCUT2D eigenvalue weighted by atomic mass is 10.0. The minimum absolute atomic E-state index is 0.0819. The Kier molecular flexibility index (Phi) is 2.94. The van der Waals surface area contributed by atoms with Crippen LogP contribution in [-0.4, -0.2) is 36.8 Å². The number of halogens is 1. The largest absolute Gasteiger partial charge is 0.381 e. The first kappa shape index (κ1) is 10.8. The summed E-state index contributed by atoms with van der Waals surface area (Å²) in [6.07, 6.45) is 1.85. The van der Waals surface area contributed by atoms with Crippen molar-refractivity contribution >= 4 is 19.7 Å². The number of ether oxygens (including phenoxy) is 1. The molecule has 1 fully saturated rings. The molecule has 1 aliphatic rings. The molecule has 2 heterocycles. The van der Waals surface area contributed by atoms with E-state index in [1.165, 1.54) is 0 Å². The Morgan fingerprint density at radius 2 is 2.33 bits per heavy atom. The molecule has 1 atom stereocenters. The standard InChI is InChI=1S/C7H10ClN3O3S/c8-15(12,13)7-9-6(10-11-7)5-2-1-3-14-4-5/h5H,1-4H2,(H,9,10,11). The summed E-state index contributed by atoms with van der Waals surface area (Å²) >= 11 is 0. The van der Waals surface area contributed by atoms with Gasteiger partial charge in [-0.15, -0.1) is 5.10 Å². The van der Waals surface area contributed by atoms with E-state index < -0.39 is 9.05 Å². The fourth-order valence-corrected chi connectivity index (χ4v) is 2.08. The maximum atomic E-state index is 10.9. The lowest BCUT2D eigenvalue weighted by Gasteiger charge is -2.19. The lowest BCUT2D eigenvalue weighted by Crippen LogP contribution is -2.16. The van der Waals surface area contributed by atoms with Crippen molar-refractivity contribution in [3.63, 3.8) is 0 Å². The van der Waals surface area contributed by atoms with Crippen LogP contribution in [0.5, 0.6) is 0 Å². The molecule has 0 aliphatic carbocycles. The minimum Gasteiger partial charge on any atom is -0.381 e. The first-order valence-electron chi connectivity index (χ1n) is 4.52. The zero-order chi connectivity index (χ0) is 10.9. The Morgan fingerprint density at radius 3 is 2.87 bits per heavy atom. The highest BCUT2D eigenvalue weighted by Crippen LogP contribution is 2.23. The molecule has 1 N–H and O–H groups in total. The van der Waals surface area contributed by atoms with E-state index in [1.54, 1.807) is 0 Å². The Morgan fingerprint density at radius 1 is 1.53 bits per heavy atom. The fraction of sp³-hybridized carbons (Fsp3) is 0.714. The van der Waals surface area contributed by atoms with Crippen molar-refractivity contribution in [3.05, 3.63) is 5.82 Å². The van der Waals surface area contributed by atoms with Crippen LogP contribution < -0.4 is 0 Å². The molecule has 8 heteroatoms. The van der Waals surface area contributed by atoms with Crippen LogP contribution in [0.25, 0.3) is 0 Å². The molecule has 1 aliphatic heterocycles. The SMILES string of the molecule is O=S(=O)(Cl)c1n[nH]c(C2CCCOC2)n1. The normalized spacial score (nSPS) is 22.9. The van der Waals surface area contributed by atoms with E-state index in [1.807, 2.05) is 0 Å². The summed E-state index contributed by atoms with van der Waals surface area (Å²) in [6, 6.07) is 0. The second-order valence-electron chi connectivity index (χ2n) is 3.36. The van der Waals surface area contributed by atoms with Crippen molar-refractivity contribution < 1.29 is 13.2 Å². The first-order valence-corrected chi connectivity index (χ1v) is 6.83. The van der Waals surface area contributed by atoms with E-state index in [9.17, 15) is 8.42 Å². The van der Waals surface area contributed by atoms with Gasteiger partial charge in [0.15, 0.2) is 0 Å². The predicted molar refractivity (Wildman–Crippen MR) is 52.2 cm³/mol. The zero-order valence-corrected chi connectivity index (χ0v) is 9.38. The first-order chi connectivity index (χ1) is 7.07. The van der Waals surface area contributed by atoms with Crippen molar-refractivity contribution in [1.82, 2.24) is 15.2 Å². The van der Waals surface area contributed by atoms with Gasteiger partial charge in [0.25, 0.3) is 14.2 Å². The van der Waals surface area contributed by atoms with Gasteiger partial charge in [-0.05, 0) is 12.8 Å². The zero-order valence-electron chi connectivity index (χ0n) is 7.81. The Labute approximate surface area is 91.4 Å². The second-order valence-corrected chi connectivity index (χ2v) is 5.81. The molecule has 0 bridgehead atoms. The Bertz CT molecular complexity index is 438. The van der Waals surface area contributed by atoms with Gasteiger partial charge in [0, 0.05) is 23.2 Å². The fourth-order valence-electron chi connectivity index (χ4n) is 1.51. The van der Waals surface area contributed by atoms with Crippen LogP contribution >= 0.6 is 10.7 Å². The number of aromatic nitrogens is 3. The maximum absolute atomic E-state index is 10.9. The number of aromatic amines is 1. The van der Waals surface area contributed by atoms with E-state index in [2.05, 4.69) is 15.2 Å². The summed E-state index contributed by atoms with van der Waals surface area (Å²) in [5.74, 6) is 0.604. The molecule has 0 spiro atoms. The van der Waals surface area contributed by atoms with Crippen LogP contribution in [0.3, 0.4) is 0 Å². The van der Waals surface area contributed by atoms with Crippen LogP contribution in [0.2, 0.25) is 0 Å². The van der Waals surface area contributed by atoms with Gasteiger partial charge in [-0.2, -0.15) is 0 Å². The topological polar surface area (TPSA) is 84.9 Å². The lowest BCUT2D eigenvalue weighted by molar-refractivity contribution is 0.0781. The van der Waals surface area contributed by atoms with Crippen molar-refractivity contribution in [1.29, 1.82) is 0 Å². The molecule has 1 aromatic rings. The van der Waals surface area contributed by atoms with Crippen molar-refractivity contribution in [2.24, 2.45) is 0 Å². The van der Waals surface area contributed by atoms with Gasteiger partial charge in [-0.1, -0.05) is 0 Å². The predicted octanol–water partition coefficient (Wildman–Crippen LogP) is 0.626. The molecule has 1 saturated heterocycles. The van der Waals surface area contributed by atoms with Crippen LogP contribution in [0, 0.1) is 0 Å². The molecule has 0 aromatic carbocycles. The molecule has 1 aromatic heterocycles. The number of hydrogen-bond donors (Lipinski definition) is 1. The van der Waals surface area contributed by atoms with Gasteiger partial charge >= 0.3 is 0 Å². The van der Waals surface area contributed by atoms with E-state index in [-0.39, 0.29) is 11.1 Å². The molecule has 0 saturated carbocycles. The highest BCUT2D eigenvalue weighted by atomic mass is 35.7. The number of H-pyrrole nitrogens is 1. The molecule has 0 amide bonds. The van der Waals surface area contributed by atoms with Crippen LogP contribution in [0.4, 0.5) is 0 Å². The highest BCUT2D eigenvalue weighted by molar-refractivity contribution is 8.13. The van der Waals surface area contributed by atoms with Gasteiger partial charge < -0.3 is 4.74 Å². The van der Waals surface area contributed by atoms with Crippen LogP contribution in [0.1, 0.15) is 24.6 Å². The quantitative estimate of drug-likeness (QED) is 0.779. The molecular formula is C7H10ClN3O3S. The summed E-state index contributed by atoms with van der Waals surface area (Å²) in [4.78, 5) is 3.84. The summed E-state index contributed by atoms with van der Waals surface area (Å²) in [5.41, 5.74) is 0. The number of rotatable bonds is 2. The van der Waals surface area contributed by atoms with E-state index in [0.29, 0.717) is 12.4 Å². The smallest absolute Gasteiger partial charge is 0.298 e. The molecule has 84 valence electrons. The van der Waals surface area contributed by atoms with Crippen LogP contribution in [0.15, 0.2) is 5.16 Å². The van der Waals surface area contributed by atoms with Gasteiger partial charge in [0.05, 0.1) is 6.61 Å². The molecule has 15 heavy (non-hydrogen) atoms. The summed E-state index contributed by atoms with van der Waals surface area (Å²) < 4.78 is 27.1.